The standard InChI is InChI=1S/C14H17N3O/c1-12(13-5-2-3-6-14(13)18)16-7-4-9-17-10-8-15-11-17/h2-3,5-6,8,10-11,18H,4,7,9H2,1H3/b16-12+. The lowest BCUT2D eigenvalue weighted by Gasteiger charge is -2.04. The number of benzene rings is 1. The van der Waals surface area contributed by atoms with Gasteiger partial charge in [0, 0.05) is 36.8 Å². The number of aliphatic imine (C=N–C) groups is 1. The molecule has 0 bridgehead atoms. The predicted octanol–water partition coefficient (Wildman–Crippen LogP) is 2.49. The molecule has 0 aliphatic heterocycles. The zero-order chi connectivity index (χ0) is 12.8. The van der Waals surface area contributed by atoms with E-state index in [1.807, 2.05) is 35.9 Å². The van der Waals surface area contributed by atoms with Gasteiger partial charge in [0.1, 0.15) is 5.75 Å². The van der Waals surface area contributed by atoms with Gasteiger partial charge in [-0.05, 0) is 25.5 Å². The van der Waals surface area contributed by atoms with Gasteiger partial charge < -0.3 is 9.67 Å². The van der Waals surface area contributed by atoms with Crippen LogP contribution in [0.2, 0.25) is 0 Å². The number of nitrogens with zero attached hydrogens (tertiary/aromatic N) is 3. The largest absolute Gasteiger partial charge is 0.507 e. The molecule has 2 aromatic rings. The van der Waals surface area contributed by atoms with Crippen LogP contribution in [-0.2, 0) is 6.54 Å². The van der Waals surface area contributed by atoms with Crippen molar-refractivity contribution in [2.24, 2.45) is 4.99 Å². The molecule has 0 atom stereocenters. The van der Waals surface area contributed by atoms with Crippen molar-refractivity contribution in [3.8, 4) is 5.75 Å². The normalized spacial score (nSPS) is 11.7. The molecule has 18 heavy (non-hydrogen) atoms. The maximum atomic E-state index is 9.69. The van der Waals surface area contributed by atoms with E-state index in [-0.39, 0.29) is 5.75 Å². The molecule has 0 unspecified atom stereocenters. The van der Waals surface area contributed by atoms with E-state index in [1.54, 1.807) is 18.6 Å². The zero-order valence-corrected chi connectivity index (χ0v) is 10.5. The van der Waals surface area contributed by atoms with Gasteiger partial charge in [-0.2, -0.15) is 0 Å². The van der Waals surface area contributed by atoms with E-state index >= 15 is 0 Å². The molecule has 0 amide bonds. The van der Waals surface area contributed by atoms with Crippen molar-refractivity contribution in [3.05, 3.63) is 48.5 Å². The predicted molar refractivity (Wildman–Crippen MR) is 72.0 cm³/mol. The van der Waals surface area contributed by atoms with E-state index in [0.29, 0.717) is 0 Å². The Kier molecular flexibility index (Phi) is 4.12. The van der Waals surface area contributed by atoms with E-state index in [4.69, 9.17) is 0 Å². The fraction of sp³-hybridized carbons (Fsp3) is 0.286. The summed E-state index contributed by atoms with van der Waals surface area (Å²) in [6, 6.07) is 7.27. The number of para-hydroxylation sites is 1. The lowest BCUT2D eigenvalue weighted by molar-refractivity contribution is 0.474. The van der Waals surface area contributed by atoms with E-state index in [1.165, 1.54) is 0 Å². The van der Waals surface area contributed by atoms with Crippen molar-refractivity contribution in [2.45, 2.75) is 19.9 Å². The molecule has 1 N–H and O–H groups in total. The molecule has 4 heteroatoms. The summed E-state index contributed by atoms with van der Waals surface area (Å²) in [7, 11) is 0. The first-order chi connectivity index (χ1) is 8.77. The lowest BCUT2D eigenvalue weighted by Crippen LogP contribution is -2.00. The third-order valence-corrected chi connectivity index (χ3v) is 2.78. The molecule has 94 valence electrons. The highest BCUT2D eigenvalue weighted by Crippen LogP contribution is 2.16. The van der Waals surface area contributed by atoms with Crippen molar-refractivity contribution >= 4 is 5.71 Å². The third-order valence-electron chi connectivity index (χ3n) is 2.78. The Bertz CT molecular complexity index is 518. The number of phenols is 1. The van der Waals surface area contributed by atoms with Crippen molar-refractivity contribution in [3.63, 3.8) is 0 Å². The molecule has 4 nitrogen and oxygen atoms in total. The molecule has 0 fully saturated rings. The monoisotopic (exact) mass is 243 g/mol. The topological polar surface area (TPSA) is 50.4 Å². The molecule has 0 aliphatic rings. The molecule has 1 heterocycles. The number of hydrogen-bond donors (Lipinski definition) is 1. The van der Waals surface area contributed by atoms with Gasteiger partial charge in [0.2, 0.25) is 0 Å². The molecule has 0 radical (unpaired) electrons. The average molecular weight is 243 g/mol. The molecule has 0 spiro atoms. The Hall–Kier alpha value is -2.10. The summed E-state index contributed by atoms with van der Waals surface area (Å²) >= 11 is 0. The number of aromatic nitrogens is 2. The third kappa shape index (κ3) is 3.20. The molecule has 1 aromatic carbocycles. The van der Waals surface area contributed by atoms with Gasteiger partial charge in [0.15, 0.2) is 0 Å². The molecule has 0 saturated carbocycles. The van der Waals surface area contributed by atoms with E-state index in [9.17, 15) is 5.11 Å². The number of hydrogen-bond acceptors (Lipinski definition) is 3. The maximum Gasteiger partial charge on any atom is 0.124 e. The van der Waals surface area contributed by atoms with Crippen LogP contribution in [0.3, 0.4) is 0 Å². The van der Waals surface area contributed by atoms with Crippen LogP contribution in [-0.4, -0.2) is 26.9 Å². The smallest absolute Gasteiger partial charge is 0.124 e. The molecule has 0 saturated heterocycles. The summed E-state index contributed by atoms with van der Waals surface area (Å²) in [5.41, 5.74) is 1.68. The van der Waals surface area contributed by atoms with E-state index < -0.39 is 0 Å². The van der Waals surface area contributed by atoms with Crippen LogP contribution in [0, 0.1) is 0 Å². The summed E-state index contributed by atoms with van der Waals surface area (Å²) in [5, 5.41) is 9.69. The van der Waals surface area contributed by atoms with Gasteiger partial charge in [-0.25, -0.2) is 4.98 Å². The summed E-state index contributed by atoms with van der Waals surface area (Å²) in [4.78, 5) is 8.47. The molecular formula is C14H17N3O. The first kappa shape index (κ1) is 12.4. The fourth-order valence-electron chi connectivity index (χ4n) is 1.78. The zero-order valence-electron chi connectivity index (χ0n) is 10.5. The number of aromatic hydroxyl groups is 1. The molecule has 2 rings (SSSR count). The van der Waals surface area contributed by atoms with E-state index in [0.717, 1.165) is 30.8 Å². The van der Waals surface area contributed by atoms with Crippen molar-refractivity contribution in [2.75, 3.05) is 6.54 Å². The van der Waals surface area contributed by atoms with Crippen LogP contribution in [0.1, 0.15) is 18.9 Å². The number of rotatable bonds is 5. The second-order valence-corrected chi connectivity index (χ2v) is 4.14. The van der Waals surface area contributed by atoms with Crippen molar-refractivity contribution in [1.82, 2.24) is 9.55 Å². The second kappa shape index (κ2) is 6.00. The van der Waals surface area contributed by atoms with Crippen LogP contribution in [0.15, 0.2) is 48.0 Å². The van der Waals surface area contributed by atoms with Crippen LogP contribution in [0.25, 0.3) is 0 Å². The van der Waals surface area contributed by atoms with Crippen LogP contribution >= 0.6 is 0 Å². The summed E-state index contributed by atoms with van der Waals surface area (Å²) in [6.45, 7) is 3.59. The highest BCUT2D eigenvalue weighted by atomic mass is 16.3. The Morgan fingerprint density at radius 3 is 2.94 bits per heavy atom. The highest BCUT2D eigenvalue weighted by Gasteiger charge is 2.02. The molecule has 0 aliphatic carbocycles. The number of aryl methyl sites for hydroxylation is 1. The van der Waals surface area contributed by atoms with Crippen LogP contribution in [0.4, 0.5) is 0 Å². The number of phenolic OH excluding ortho intramolecular Hbond substituents is 1. The van der Waals surface area contributed by atoms with Gasteiger partial charge in [-0.1, -0.05) is 12.1 Å². The first-order valence-corrected chi connectivity index (χ1v) is 6.02. The summed E-state index contributed by atoms with van der Waals surface area (Å²) in [6.07, 6.45) is 6.48. The molecular weight excluding hydrogens is 226 g/mol. The summed E-state index contributed by atoms with van der Waals surface area (Å²) < 4.78 is 2.03. The minimum atomic E-state index is 0.286. The minimum absolute atomic E-state index is 0.286. The van der Waals surface area contributed by atoms with Gasteiger partial charge >= 0.3 is 0 Å². The summed E-state index contributed by atoms with van der Waals surface area (Å²) in [5.74, 6) is 0.286. The van der Waals surface area contributed by atoms with Crippen molar-refractivity contribution < 1.29 is 5.11 Å². The Labute approximate surface area is 107 Å². The van der Waals surface area contributed by atoms with Crippen LogP contribution < -0.4 is 0 Å². The fourth-order valence-corrected chi connectivity index (χ4v) is 1.78. The van der Waals surface area contributed by atoms with Crippen LogP contribution in [0.5, 0.6) is 5.75 Å². The minimum Gasteiger partial charge on any atom is -0.507 e. The maximum absolute atomic E-state index is 9.69. The SMILES string of the molecule is C/C(=N\CCCn1ccnc1)c1ccccc1O. The number of imidazole rings is 1. The lowest BCUT2D eigenvalue weighted by atomic mass is 10.1. The van der Waals surface area contributed by atoms with Gasteiger partial charge in [-0.3, -0.25) is 4.99 Å². The highest BCUT2D eigenvalue weighted by molar-refractivity contribution is 6.00. The Morgan fingerprint density at radius 1 is 1.39 bits per heavy atom. The Morgan fingerprint density at radius 2 is 2.22 bits per heavy atom. The van der Waals surface area contributed by atoms with Gasteiger partial charge in [-0.15, -0.1) is 0 Å². The Balaban J connectivity index is 1.88. The van der Waals surface area contributed by atoms with Crippen molar-refractivity contribution in [1.29, 1.82) is 0 Å². The van der Waals surface area contributed by atoms with Gasteiger partial charge in [0.25, 0.3) is 0 Å². The molecule has 1 aromatic heterocycles. The quantitative estimate of drug-likeness (QED) is 0.648. The van der Waals surface area contributed by atoms with E-state index in [2.05, 4.69) is 9.98 Å². The second-order valence-electron chi connectivity index (χ2n) is 4.14. The average Bonchev–Trinajstić information content (AvgIpc) is 2.88. The first-order valence-electron chi connectivity index (χ1n) is 6.02. The van der Waals surface area contributed by atoms with Gasteiger partial charge in [0.05, 0.1) is 6.33 Å².